The van der Waals surface area contributed by atoms with Crippen LogP contribution < -0.4 is 5.63 Å². The van der Waals surface area contributed by atoms with Crippen molar-refractivity contribution < 1.29 is 9.52 Å². The fourth-order valence-electron chi connectivity index (χ4n) is 7.88. The normalized spacial score (nSPS) is 46.2. The van der Waals surface area contributed by atoms with Crippen molar-refractivity contribution in [2.75, 3.05) is 0 Å². The third-order valence-electron chi connectivity index (χ3n) is 9.29. The molecule has 1 aromatic heterocycles. The Balaban J connectivity index is 1.48. The zero-order valence-electron chi connectivity index (χ0n) is 16.6. The number of hydrogen-bond donors (Lipinski definition) is 1. The highest BCUT2D eigenvalue weighted by molar-refractivity contribution is 5.28. The first kappa shape index (κ1) is 17.7. The minimum Gasteiger partial charge on any atom is -0.431 e. The molecule has 1 N–H and O–H groups in total. The zero-order chi connectivity index (χ0) is 18.8. The maximum Gasteiger partial charge on any atom is 0.335 e. The molecule has 146 valence electrons. The third kappa shape index (κ3) is 2.40. The summed E-state index contributed by atoms with van der Waals surface area (Å²) in [5, 5.41) is 11.0. The molecule has 1 unspecified atom stereocenters. The van der Waals surface area contributed by atoms with Gasteiger partial charge in [-0.1, -0.05) is 25.5 Å². The summed E-state index contributed by atoms with van der Waals surface area (Å²) in [5.74, 6) is 2.56. The molecule has 5 rings (SSSR count). The van der Waals surface area contributed by atoms with Crippen LogP contribution in [-0.2, 0) is 0 Å². The number of aliphatic hydroxyl groups is 1. The van der Waals surface area contributed by atoms with Crippen LogP contribution in [0, 0.1) is 28.6 Å². The highest BCUT2D eigenvalue weighted by atomic mass is 16.4. The van der Waals surface area contributed by atoms with Gasteiger partial charge < -0.3 is 9.52 Å². The van der Waals surface area contributed by atoms with E-state index >= 15 is 0 Å². The van der Waals surface area contributed by atoms with Gasteiger partial charge in [0.1, 0.15) is 0 Å². The SMILES string of the molecule is C[C@]12CC[C@H]3[C@@H](CCC4=CCCC(O)[C@@]43C)[C@H]1CC[C@@H]2c1ccc(=O)oc1. The maximum atomic E-state index is 11.4. The monoisotopic (exact) mass is 368 g/mol. The molecule has 0 saturated heterocycles. The molecule has 1 aromatic rings. The second-order valence-corrected chi connectivity index (χ2v) is 10.1. The summed E-state index contributed by atoms with van der Waals surface area (Å²) in [4.78, 5) is 11.4. The average molecular weight is 369 g/mol. The van der Waals surface area contributed by atoms with E-state index in [9.17, 15) is 9.90 Å². The summed E-state index contributed by atoms with van der Waals surface area (Å²) in [6.07, 6.45) is 13.3. The van der Waals surface area contributed by atoms with Crippen LogP contribution >= 0.6 is 0 Å². The van der Waals surface area contributed by atoms with E-state index in [1.807, 2.05) is 6.07 Å². The summed E-state index contributed by atoms with van der Waals surface area (Å²) in [6.45, 7) is 4.85. The highest BCUT2D eigenvalue weighted by Gasteiger charge is 2.60. The van der Waals surface area contributed by atoms with E-state index in [0.717, 1.165) is 24.7 Å². The predicted octanol–water partition coefficient (Wildman–Crippen LogP) is 5.05. The van der Waals surface area contributed by atoms with Gasteiger partial charge in [0, 0.05) is 11.5 Å². The van der Waals surface area contributed by atoms with Crippen LogP contribution in [0.2, 0.25) is 0 Å². The third-order valence-corrected chi connectivity index (χ3v) is 9.29. The van der Waals surface area contributed by atoms with Crippen molar-refractivity contribution in [2.24, 2.45) is 28.6 Å². The largest absolute Gasteiger partial charge is 0.431 e. The van der Waals surface area contributed by atoms with E-state index in [-0.39, 0.29) is 22.6 Å². The Hall–Kier alpha value is -1.35. The van der Waals surface area contributed by atoms with Crippen molar-refractivity contribution in [3.8, 4) is 0 Å². The molecular formula is C24H32O3. The van der Waals surface area contributed by atoms with Crippen molar-refractivity contribution in [3.05, 3.63) is 46.0 Å². The second-order valence-electron chi connectivity index (χ2n) is 10.1. The van der Waals surface area contributed by atoms with Crippen LogP contribution in [0.5, 0.6) is 0 Å². The molecule has 0 aliphatic heterocycles. The van der Waals surface area contributed by atoms with Gasteiger partial charge in [-0.15, -0.1) is 0 Å². The van der Waals surface area contributed by atoms with Crippen molar-refractivity contribution in [1.29, 1.82) is 0 Å². The van der Waals surface area contributed by atoms with Crippen LogP contribution in [0.25, 0.3) is 0 Å². The standard InChI is InChI=1S/C24H32O3/c1-23-13-12-20-17(8-7-16-4-3-5-21(25)24(16,20)2)19(23)10-9-18(23)15-6-11-22(26)27-14-15/h4,6,11,14,17-21,25H,3,5,7-10,12-13H2,1-2H3/t17-,18+,19+,20-,21?,23+,24-/m0/s1. The van der Waals surface area contributed by atoms with Crippen molar-refractivity contribution in [2.45, 2.75) is 77.2 Å². The molecule has 4 aliphatic carbocycles. The van der Waals surface area contributed by atoms with Gasteiger partial charge in [-0.3, -0.25) is 0 Å². The van der Waals surface area contributed by atoms with E-state index < -0.39 is 0 Å². The fraction of sp³-hybridized carbons (Fsp3) is 0.708. The van der Waals surface area contributed by atoms with Gasteiger partial charge in [0.2, 0.25) is 0 Å². The molecule has 0 amide bonds. The van der Waals surface area contributed by atoms with E-state index in [1.54, 1.807) is 17.9 Å². The number of rotatable bonds is 1. The molecule has 3 heteroatoms. The number of fused-ring (bicyclic) bond motifs is 5. The molecule has 0 aromatic carbocycles. The molecule has 7 atom stereocenters. The van der Waals surface area contributed by atoms with Gasteiger partial charge >= 0.3 is 5.63 Å². The summed E-state index contributed by atoms with van der Waals surface area (Å²) >= 11 is 0. The Morgan fingerprint density at radius 3 is 2.70 bits per heavy atom. The Morgan fingerprint density at radius 1 is 1.07 bits per heavy atom. The second kappa shape index (κ2) is 6.07. The fourth-order valence-corrected chi connectivity index (χ4v) is 7.88. The first-order valence-electron chi connectivity index (χ1n) is 10.9. The molecule has 0 spiro atoms. The molecule has 1 heterocycles. The first-order valence-corrected chi connectivity index (χ1v) is 10.9. The minimum absolute atomic E-state index is 0.000122. The molecule has 3 fully saturated rings. The van der Waals surface area contributed by atoms with Crippen molar-refractivity contribution >= 4 is 0 Å². The molecule has 0 bridgehead atoms. The quantitative estimate of drug-likeness (QED) is 0.706. The maximum absolute atomic E-state index is 11.4. The van der Waals surface area contributed by atoms with Gasteiger partial charge in [0.05, 0.1) is 12.4 Å². The van der Waals surface area contributed by atoms with Gasteiger partial charge in [-0.25, -0.2) is 4.79 Å². The summed E-state index contributed by atoms with van der Waals surface area (Å²) < 4.78 is 5.21. The van der Waals surface area contributed by atoms with Crippen LogP contribution in [0.3, 0.4) is 0 Å². The van der Waals surface area contributed by atoms with Crippen molar-refractivity contribution in [1.82, 2.24) is 0 Å². The first-order chi connectivity index (χ1) is 12.9. The molecule has 27 heavy (non-hydrogen) atoms. The van der Waals surface area contributed by atoms with E-state index in [2.05, 4.69) is 19.9 Å². The van der Waals surface area contributed by atoms with Crippen LogP contribution in [0.1, 0.15) is 76.7 Å². The zero-order valence-corrected chi connectivity index (χ0v) is 16.6. The van der Waals surface area contributed by atoms with Crippen LogP contribution in [-0.4, -0.2) is 11.2 Å². The summed E-state index contributed by atoms with van der Waals surface area (Å²) in [7, 11) is 0. The molecule has 3 saturated carbocycles. The lowest BCUT2D eigenvalue weighted by Crippen LogP contribution is -2.54. The summed E-state index contributed by atoms with van der Waals surface area (Å²) in [5.41, 5.74) is 2.79. The van der Waals surface area contributed by atoms with Gasteiger partial charge in [0.25, 0.3) is 0 Å². The lowest BCUT2D eigenvalue weighted by atomic mass is 9.46. The van der Waals surface area contributed by atoms with E-state index in [4.69, 9.17) is 4.42 Å². The molecule has 0 radical (unpaired) electrons. The molecule has 4 aliphatic rings. The lowest BCUT2D eigenvalue weighted by Gasteiger charge is -2.59. The summed E-state index contributed by atoms with van der Waals surface area (Å²) in [6, 6.07) is 3.57. The Kier molecular flexibility index (Phi) is 3.99. The molecular weight excluding hydrogens is 336 g/mol. The predicted molar refractivity (Wildman–Crippen MR) is 105 cm³/mol. The van der Waals surface area contributed by atoms with Gasteiger partial charge in [-0.2, -0.15) is 0 Å². The Bertz CT molecular complexity index is 803. The van der Waals surface area contributed by atoms with Crippen LogP contribution in [0.15, 0.2) is 39.3 Å². The van der Waals surface area contributed by atoms with E-state index in [1.165, 1.54) is 44.1 Å². The van der Waals surface area contributed by atoms with E-state index in [0.29, 0.717) is 11.8 Å². The topological polar surface area (TPSA) is 50.4 Å². The minimum atomic E-state index is -0.257. The van der Waals surface area contributed by atoms with Crippen molar-refractivity contribution in [3.63, 3.8) is 0 Å². The number of allylic oxidation sites excluding steroid dienone is 1. The van der Waals surface area contributed by atoms with Crippen LogP contribution in [0.4, 0.5) is 0 Å². The highest BCUT2D eigenvalue weighted by Crippen LogP contribution is 2.68. The Morgan fingerprint density at radius 2 is 1.93 bits per heavy atom. The lowest BCUT2D eigenvalue weighted by molar-refractivity contribution is -0.0901. The number of aliphatic hydroxyl groups excluding tert-OH is 1. The smallest absolute Gasteiger partial charge is 0.335 e. The van der Waals surface area contributed by atoms with Gasteiger partial charge in [0.15, 0.2) is 0 Å². The van der Waals surface area contributed by atoms with Gasteiger partial charge in [-0.05, 0) is 92.1 Å². The average Bonchev–Trinajstić information content (AvgIpc) is 3.01. The number of hydrogen-bond acceptors (Lipinski definition) is 3. The molecule has 3 nitrogen and oxygen atoms in total. The Labute approximate surface area is 161 Å².